The highest BCUT2D eigenvalue weighted by Crippen LogP contribution is 2.47. The molecular weight excluding hydrogens is 609 g/mol. The lowest BCUT2D eigenvalue weighted by atomic mass is 9.83. The molecule has 0 saturated heterocycles. The molecule has 0 unspecified atom stereocenters. The quantitative estimate of drug-likeness (QED) is 0.227. The molecule has 1 aromatic carbocycles. The van der Waals surface area contributed by atoms with Gasteiger partial charge in [-0.2, -0.15) is 15.6 Å². The second-order valence-electron chi connectivity index (χ2n) is 15.5. The van der Waals surface area contributed by atoms with Gasteiger partial charge in [0.15, 0.2) is 14.0 Å². The van der Waals surface area contributed by atoms with Gasteiger partial charge in [0, 0.05) is 42.9 Å². The number of rotatable bonds is 9. The zero-order valence-corrected chi connectivity index (χ0v) is 30.6. The minimum atomic E-state index is -2.15. The average molecular weight is 657 g/mol. The summed E-state index contributed by atoms with van der Waals surface area (Å²) in [6.07, 6.45) is 2.04. The van der Waals surface area contributed by atoms with Crippen LogP contribution in [0.15, 0.2) is 30.5 Å². The number of nitrogens with zero attached hydrogens (tertiary/aromatic N) is 7. The Morgan fingerprint density at radius 1 is 1.13 bits per heavy atom. The highest BCUT2D eigenvalue weighted by Gasteiger charge is 2.47. The monoisotopic (exact) mass is 656 g/mol. The predicted molar refractivity (Wildman–Crippen MR) is 186 cm³/mol. The molecule has 1 atom stereocenters. The molecule has 0 radical (unpaired) electrons. The maximum Gasteiger partial charge on any atom is 0.414 e. The van der Waals surface area contributed by atoms with Crippen molar-refractivity contribution >= 4 is 31.9 Å². The van der Waals surface area contributed by atoms with Crippen molar-refractivity contribution in [3.63, 3.8) is 0 Å². The van der Waals surface area contributed by atoms with Gasteiger partial charge in [-0.3, -0.25) is 4.90 Å². The van der Waals surface area contributed by atoms with Crippen molar-refractivity contribution < 1.29 is 14.0 Å². The summed E-state index contributed by atoms with van der Waals surface area (Å²) in [5, 5.41) is 27.5. The highest BCUT2D eigenvalue weighted by molar-refractivity contribution is 6.74. The normalized spacial score (nSPS) is 16.5. The van der Waals surface area contributed by atoms with E-state index in [2.05, 4.69) is 82.2 Å². The summed E-state index contributed by atoms with van der Waals surface area (Å²) < 4.78 is 14.3. The third-order valence-electron chi connectivity index (χ3n) is 8.83. The van der Waals surface area contributed by atoms with Crippen LogP contribution >= 0.6 is 0 Å². The number of nitriles is 2. The Labute approximate surface area is 280 Å². The second kappa shape index (κ2) is 13.1. The molecule has 4 rings (SSSR count). The molecule has 11 nitrogen and oxygen atoms in total. The van der Waals surface area contributed by atoms with Crippen LogP contribution in [0.25, 0.3) is 11.3 Å². The molecule has 1 aliphatic heterocycles. The van der Waals surface area contributed by atoms with Gasteiger partial charge in [0.05, 0.1) is 16.9 Å². The van der Waals surface area contributed by atoms with Crippen molar-refractivity contribution in [2.75, 3.05) is 23.4 Å². The SMILES string of the molecule is CC(C)CCn1nc(C#N)cc1Nc1nccc(-c2cc(C#N)c3c(c2)[C@@](C)(CO[Si](C)(C)C(C)(C)C)CN3C(=O)OC(C)(C)C)n1. The fourth-order valence-electron chi connectivity index (χ4n) is 5.10. The number of hydrogen-bond acceptors (Lipinski definition) is 9. The number of amides is 1. The Balaban J connectivity index is 1.77. The van der Waals surface area contributed by atoms with Crippen LogP contribution in [-0.4, -0.2) is 52.9 Å². The van der Waals surface area contributed by atoms with E-state index < -0.39 is 25.4 Å². The Hall–Kier alpha value is -4.26. The van der Waals surface area contributed by atoms with E-state index in [1.54, 1.807) is 34.0 Å². The summed E-state index contributed by atoms with van der Waals surface area (Å²) >= 11 is 0. The van der Waals surface area contributed by atoms with Crippen LogP contribution in [0.2, 0.25) is 18.1 Å². The van der Waals surface area contributed by atoms with Gasteiger partial charge < -0.3 is 14.5 Å². The number of benzene rings is 1. The van der Waals surface area contributed by atoms with Crippen LogP contribution in [0.3, 0.4) is 0 Å². The fourth-order valence-corrected chi connectivity index (χ4v) is 6.21. The van der Waals surface area contributed by atoms with Crippen molar-refractivity contribution in [1.29, 1.82) is 10.5 Å². The summed E-state index contributed by atoms with van der Waals surface area (Å²) in [7, 11) is -2.15. The number of fused-ring (bicyclic) bond motifs is 1. The maximum atomic E-state index is 13.6. The van der Waals surface area contributed by atoms with Gasteiger partial charge in [0.1, 0.15) is 23.6 Å². The van der Waals surface area contributed by atoms with Crippen molar-refractivity contribution in [2.24, 2.45) is 5.92 Å². The molecule has 0 fully saturated rings. The number of carbonyl (C=O) groups is 1. The number of hydrogen-bond donors (Lipinski definition) is 1. The lowest BCUT2D eigenvalue weighted by molar-refractivity contribution is 0.0575. The third-order valence-corrected chi connectivity index (χ3v) is 13.3. The van der Waals surface area contributed by atoms with Gasteiger partial charge in [-0.1, -0.05) is 41.5 Å². The molecule has 0 saturated carbocycles. The number of nitrogens with one attached hydrogen (secondary N) is 1. The summed E-state index contributed by atoms with van der Waals surface area (Å²) in [6.45, 7) is 24.2. The maximum absolute atomic E-state index is 13.6. The number of ether oxygens (including phenoxy) is 1. The molecule has 3 heterocycles. The van der Waals surface area contributed by atoms with E-state index in [0.29, 0.717) is 65.6 Å². The summed E-state index contributed by atoms with van der Waals surface area (Å²) in [5.41, 5.74) is 2.00. The largest absolute Gasteiger partial charge is 0.443 e. The summed E-state index contributed by atoms with van der Waals surface area (Å²) in [6, 6.07) is 11.7. The van der Waals surface area contributed by atoms with Gasteiger partial charge in [-0.05, 0) is 75.0 Å². The van der Waals surface area contributed by atoms with Crippen LogP contribution in [0.5, 0.6) is 0 Å². The summed E-state index contributed by atoms with van der Waals surface area (Å²) in [4.78, 5) is 24.4. The van der Waals surface area contributed by atoms with Crippen LogP contribution in [0.4, 0.5) is 22.2 Å². The van der Waals surface area contributed by atoms with E-state index in [4.69, 9.17) is 14.1 Å². The number of aromatic nitrogens is 4. The van der Waals surface area contributed by atoms with Crippen LogP contribution < -0.4 is 10.2 Å². The molecule has 1 aliphatic rings. The molecular formula is C35H48N8O3Si. The van der Waals surface area contributed by atoms with Gasteiger partial charge in [-0.15, -0.1) is 0 Å². The lowest BCUT2D eigenvalue weighted by Gasteiger charge is -2.39. The van der Waals surface area contributed by atoms with E-state index in [0.717, 1.165) is 12.0 Å². The van der Waals surface area contributed by atoms with E-state index in [9.17, 15) is 15.3 Å². The van der Waals surface area contributed by atoms with Crippen LogP contribution in [0, 0.1) is 28.6 Å². The zero-order valence-electron chi connectivity index (χ0n) is 29.6. The van der Waals surface area contributed by atoms with E-state index in [-0.39, 0.29) is 5.04 Å². The minimum absolute atomic E-state index is 0.00215. The fraction of sp³-hybridized carbons (Fsp3) is 0.543. The smallest absolute Gasteiger partial charge is 0.414 e. The van der Waals surface area contributed by atoms with Gasteiger partial charge in [0.25, 0.3) is 0 Å². The first-order valence-corrected chi connectivity index (χ1v) is 19.0. The second-order valence-corrected chi connectivity index (χ2v) is 20.3. The number of anilines is 3. The van der Waals surface area contributed by atoms with E-state index in [1.807, 2.05) is 26.8 Å². The number of aryl methyl sites for hydroxylation is 1. The van der Waals surface area contributed by atoms with Crippen LogP contribution in [0.1, 0.15) is 85.6 Å². The standard InChI is InChI=1S/C35H48N8O3Si/c1-23(2)13-15-43-29(18-26(20-37)41-43)40-31-38-14-12-28(39-31)24-16-25(19-36)30-27(17-24)35(9,22-45-47(10,11)34(6,7)8)21-42(30)32(44)46-33(3,4)5/h12,14,16-18,23H,13,15,21-22H2,1-11H3,(H,38,39,40)/t35-/m1/s1. The highest BCUT2D eigenvalue weighted by atomic mass is 28.4. The Bertz CT molecular complexity index is 1720. The van der Waals surface area contributed by atoms with Crippen molar-refractivity contribution in [3.8, 4) is 23.4 Å². The average Bonchev–Trinajstić information content (AvgIpc) is 3.51. The van der Waals surface area contributed by atoms with Crippen molar-refractivity contribution in [1.82, 2.24) is 19.7 Å². The Morgan fingerprint density at radius 3 is 2.43 bits per heavy atom. The predicted octanol–water partition coefficient (Wildman–Crippen LogP) is 7.91. The molecule has 2 aromatic heterocycles. The molecule has 0 spiro atoms. The van der Waals surface area contributed by atoms with Gasteiger partial charge in [0.2, 0.25) is 5.95 Å². The molecule has 3 aromatic rings. The minimum Gasteiger partial charge on any atom is -0.443 e. The first kappa shape index (κ1) is 35.6. The van der Waals surface area contributed by atoms with Gasteiger partial charge >= 0.3 is 6.09 Å². The molecule has 0 bridgehead atoms. The molecule has 0 aliphatic carbocycles. The van der Waals surface area contributed by atoms with Crippen molar-refractivity contribution in [2.45, 2.75) is 104 Å². The molecule has 1 amide bonds. The van der Waals surface area contributed by atoms with E-state index >= 15 is 0 Å². The lowest BCUT2D eigenvalue weighted by Crippen LogP contribution is -2.46. The molecule has 12 heteroatoms. The molecule has 47 heavy (non-hydrogen) atoms. The first-order chi connectivity index (χ1) is 21.8. The van der Waals surface area contributed by atoms with Crippen LogP contribution in [-0.2, 0) is 21.1 Å². The Morgan fingerprint density at radius 2 is 1.83 bits per heavy atom. The number of carbonyl (C=O) groups excluding carboxylic acids is 1. The molecule has 250 valence electrons. The Kier molecular flexibility index (Phi) is 9.91. The third kappa shape index (κ3) is 8.00. The molecule has 1 N–H and O–H groups in total. The van der Waals surface area contributed by atoms with E-state index in [1.165, 1.54) is 0 Å². The van der Waals surface area contributed by atoms with Crippen molar-refractivity contribution in [3.05, 3.63) is 47.3 Å². The topological polar surface area (TPSA) is 142 Å². The summed E-state index contributed by atoms with van der Waals surface area (Å²) in [5.74, 6) is 1.42. The first-order valence-electron chi connectivity index (χ1n) is 16.1. The zero-order chi connectivity index (χ0) is 34.9. The van der Waals surface area contributed by atoms with Gasteiger partial charge in [-0.25, -0.2) is 19.4 Å².